The first-order valence-electron chi connectivity index (χ1n) is 8.28. The van der Waals surface area contributed by atoms with Crippen molar-refractivity contribution in [2.24, 2.45) is 5.92 Å². The van der Waals surface area contributed by atoms with E-state index in [1.165, 1.54) is 0 Å². The number of hydrogen-bond acceptors (Lipinski definition) is 4. The Hall–Kier alpha value is -2.89. The van der Waals surface area contributed by atoms with Gasteiger partial charge in [0.25, 0.3) is 5.91 Å². The molecule has 1 fully saturated rings. The Morgan fingerprint density at radius 3 is 2.56 bits per heavy atom. The highest BCUT2D eigenvalue weighted by Gasteiger charge is 2.27. The van der Waals surface area contributed by atoms with Crippen molar-refractivity contribution in [1.29, 1.82) is 0 Å². The second kappa shape index (κ2) is 7.79. The summed E-state index contributed by atoms with van der Waals surface area (Å²) in [5, 5.41) is 9.04. The van der Waals surface area contributed by atoms with E-state index in [1.807, 2.05) is 30.3 Å². The Kier molecular flexibility index (Phi) is 5.28. The summed E-state index contributed by atoms with van der Waals surface area (Å²) in [7, 11) is 0. The molecule has 1 aromatic heterocycles. The van der Waals surface area contributed by atoms with E-state index in [0.29, 0.717) is 44.0 Å². The average Bonchev–Trinajstić information content (AvgIpc) is 2.67. The van der Waals surface area contributed by atoms with Gasteiger partial charge in [-0.1, -0.05) is 30.3 Å². The number of pyridine rings is 1. The minimum atomic E-state index is -0.785. The Morgan fingerprint density at radius 2 is 1.88 bits per heavy atom. The third-order valence-corrected chi connectivity index (χ3v) is 4.34. The van der Waals surface area contributed by atoms with Gasteiger partial charge >= 0.3 is 5.97 Å². The van der Waals surface area contributed by atoms with E-state index in [1.54, 1.807) is 23.2 Å². The summed E-state index contributed by atoms with van der Waals surface area (Å²) in [4.78, 5) is 29.4. The van der Waals surface area contributed by atoms with Crippen LogP contribution in [0, 0.1) is 5.92 Å². The van der Waals surface area contributed by atoms with E-state index in [0.717, 1.165) is 5.56 Å². The molecule has 1 aliphatic rings. The van der Waals surface area contributed by atoms with Crippen LogP contribution in [0.2, 0.25) is 0 Å². The fourth-order valence-corrected chi connectivity index (χ4v) is 2.87. The van der Waals surface area contributed by atoms with Crippen molar-refractivity contribution in [3.8, 4) is 5.88 Å². The van der Waals surface area contributed by atoms with Gasteiger partial charge in [-0.3, -0.25) is 9.59 Å². The molecule has 1 N–H and O–H groups in total. The maximum Gasteiger partial charge on any atom is 0.306 e. The highest BCUT2D eigenvalue weighted by Crippen LogP contribution is 2.20. The second-order valence-corrected chi connectivity index (χ2v) is 6.06. The summed E-state index contributed by atoms with van der Waals surface area (Å²) in [6, 6.07) is 13.0. The molecule has 3 rings (SSSR count). The van der Waals surface area contributed by atoms with Crippen LogP contribution in [0.4, 0.5) is 0 Å². The van der Waals surface area contributed by atoms with Gasteiger partial charge < -0.3 is 14.7 Å². The van der Waals surface area contributed by atoms with Crippen LogP contribution in [0.1, 0.15) is 28.8 Å². The topological polar surface area (TPSA) is 79.7 Å². The lowest BCUT2D eigenvalue weighted by atomic mass is 9.97. The van der Waals surface area contributed by atoms with Crippen LogP contribution in [0.5, 0.6) is 5.88 Å². The predicted octanol–water partition coefficient (Wildman–Crippen LogP) is 2.60. The molecule has 0 atom stereocenters. The molecule has 0 aliphatic carbocycles. The van der Waals surface area contributed by atoms with Crippen molar-refractivity contribution >= 4 is 11.9 Å². The molecular formula is C19H20N2O4. The van der Waals surface area contributed by atoms with Crippen molar-refractivity contribution < 1.29 is 19.4 Å². The van der Waals surface area contributed by atoms with Crippen molar-refractivity contribution in [2.45, 2.75) is 19.4 Å². The Bertz CT molecular complexity index is 740. The van der Waals surface area contributed by atoms with E-state index < -0.39 is 5.97 Å². The van der Waals surface area contributed by atoms with Gasteiger partial charge in [-0.15, -0.1) is 0 Å². The lowest BCUT2D eigenvalue weighted by Gasteiger charge is -2.30. The van der Waals surface area contributed by atoms with E-state index in [2.05, 4.69) is 4.98 Å². The molecule has 0 radical (unpaired) electrons. The number of carbonyl (C=O) groups excluding carboxylic acids is 1. The normalized spacial score (nSPS) is 15.0. The van der Waals surface area contributed by atoms with Crippen molar-refractivity contribution in [2.75, 3.05) is 13.1 Å². The smallest absolute Gasteiger partial charge is 0.306 e. The number of nitrogens with zero attached hydrogens (tertiary/aromatic N) is 2. The number of carboxylic acids is 1. The molecule has 0 bridgehead atoms. The van der Waals surface area contributed by atoms with E-state index in [-0.39, 0.29) is 11.8 Å². The molecule has 0 spiro atoms. The molecule has 0 unspecified atom stereocenters. The lowest BCUT2D eigenvalue weighted by molar-refractivity contribution is -0.143. The number of hydrogen-bond donors (Lipinski definition) is 1. The summed E-state index contributed by atoms with van der Waals surface area (Å²) in [6.45, 7) is 1.30. The number of likely N-dealkylation sites (tertiary alicyclic amines) is 1. The first kappa shape index (κ1) is 17.0. The van der Waals surface area contributed by atoms with Gasteiger partial charge in [0.1, 0.15) is 6.61 Å². The number of aromatic nitrogens is 1. The predicted molar refractivity (Wildman–Crippen MR) is 91.3 cm³/mol. The first-order valence-corrected chi connectivity index (χ1v) is 8.28. The third kappa shape index (κ3) is 4.35. The molecule has 6 nitrogen and oxygen atoms in total. The molecule has 2 heterocycles. The lowest BCUT2D eigenvalue weighted by Crippen LogP contribution is -2.40. The number of piperidine rings is 1. The number of ether oxygens (including phenoxy) is 1. The molecule has 0 saturated carbocycles. The SMILES string of the molecule is O=C(O)C1CCN(C(=O)c2ccnc(OCc3ccccc3)c2)CC1. The van der Waals surface area contributed by atoms with Gasteiger partial charge in [0, 0.05) is 30.9 Å². The molecule has 1 saturated heterocycles. The molecular weight excluding hydrogens is 320 g/mol. The van der Waals surface area contributed by atoms with E-state index in [9.17, 15) is 9.59 Å². The average molecular weight is 340 g/mol. The minimum absolute atomic E-state index is 0.115. The number of carbonyl (C=O) groups is 2. The zero-order valence-electron chi connectivity index (χ0n) is 13.8. The van der Waals surface area contributed by atoms with E-state index in [4.69, 9.17) is 9.84 Å². The summed E-state index contributed by atoms with van der Waals surface area (Å²) in [6.07, 6.45) is 2.53. The zero-order chi connectivity index (χ0) is 17.6. The summed E-state index contributed by atoms with van der Waals surface area (Å²) in [5.41, 5.74) is 1.53. The van der Waals surface area contributed by atoms with Gasteiger partial charge in [0.2, 0.25) is 5.88 Å². The van der Waals surface area contributed by atoms with Crippen LogP contribution < -0.4 is 4.74 Å². The van der Waals surface area contributed by atoms with Gasteiger partial charge in [-0.2, -0.15) is 0 Å². The van der Waals surface area contributed by atoms with Crippen LogP contribution in [0.15, 0.2) is 48.7 Å². The molecule has 1 aliphatic heterocycles. The summed E-state index contributed by atoms with van der Waals surface area (Å²) < 4.78 is 5.66. The molecule has 25 heavy (non-hydrogen) atoms. The molecule has 1 aromatic carbocycles. The quantitative estimate of drug-likeness (QED) is 0.905. The van der Waals surface area contributed by atoms with Crippen LogP contribution in [-0.4, -0.2) is 40.0 Å². The molecule has 2 aromatic rings. The van der Waals surface area contributed by atoms with Crippen LogP contribution in [0.3, 0.4) is 0 Å². The van der Waals surface area contributed by atoms with Gasteiger partial charge in [-0.05, 0) is 24.5 Å². The van der Waals surface area contributed by atoms with Gasteiger partial charge in [-0.25, -0.2) is 4.98 Å². The maximum absolute atomic E-state index is 12.6. The van der Waals surface area contributed by atoms with Gasteiger partial charge in [0.15, 0.2) is 0 Å². The molecule has 6 heteroatoms. The number of benzene rings is 1. The second-order valence-electron chi connectivity index (χ2n) is 6.06. The largest absolute Gasteiger partial charge is 0.481 e. The summed E-state index contributed by atoms with van der Waals surface area (Å²) >= 11 is 0. The molecule has 130 valence electrons. The maximum atomic E-state index is 12.6. The van der Waals surface area contributed by atoms with Gasteiger partial charge in [0.05, 0.1) is 5.92 Å². The van der Waals surface area contributed by atoms with Crippen LogP contribution >= 0.6 is 0 Å². The zero-order valence-corrected chi connectivity index (χ0v) is 13.8. The fourth-order valence-electron chi connectivity index (χ4n) is 2.87. The van der Waals surface area contributed by atoms with E-state index >= 15 is 0 Å². The van der Waals surface area contributed by atoms with Crippen LogP contribution in [0.25, 0.3) is 0 Å². The monoisotopic (exact) mass is 340 g/mol. The first-order chi connectivity index (χ1) is 12.1. The number of aliphatic carboxylic acids is 1. The highest BCUT2D eigenvalue weighted by molar-refractivity contribution is 5.94. The van der Waals surface area contributed by atoms with Crippen LogP contribution in [-0.2, 0) is 11.4 Å². The standard InChI is InChI=1S/C19H20N2O4/c22-18(21-10-7-15(8-11-21)19(23)24)16-6-9-20-17(12-16)25-13-14-4-2-1-3-5-14/h1-6,9,12,15H,7-8,10-11,13H2,(H,23,24). The number of carboxylic acid groups (broad SMARTS) is 1. The van der Waals surface area contributed by atoms with Crippen molar-refractivity contribution in [3.05, 3.63) is 59.8 Å². The Balaban J connectivity index is 1.61. The minimum Gasteiger partial charge on any atom is -0.481 e. The highest BCUT2D eigenvalue weighted by atomic mass is 16.5. The van der Waals surface area contributed by atoms with Crippen molar-refractivity contribution in [1.82, 2.24) is 9.88 Å². The molecule has 1 amide bonds. The number of amides is 1. The summed E-state index contributed by atoms with van der Waals surface area (Å²) in [5.74, 6) is -0.857. The van der Waals surface area contributed by atoms with Crippen molar-refractivity contribution in [3.63, 3.8) is 0 Å². The number of rotatable bonds is 5. The third-order valence-electron chi connectivity index (χ3n) is 4.34. The Labute approximate surface area is 146 Å². The Morgan fingerprint density at radius 1 is 1.16 bits per heavy atom. The fraction of sp³-hybridized carbons (Fsp3) is 0.316.